The van der Waals surface area contributed by atoms with Crippen molar-refractivity contribution in [2.45, 2.75) is 115 Å². The molecule has 12 heteroatoms. The van der Waals surface area contributed by atoms with Crippen molar-refractivity contribution in [1.29, 1.82) is 0 Å². The number of aliphatic hydroxyl groups excluding tert-OH is 2. The van der Waals surface area contributed by atoms with E-state index in [0.29, 0.717) is 5.56 Å². The summed E-state index contributed by atoms with van der Waals surface area (Å²) < 4.78 is 8.93. The third-order valence-corrected chi connectivity index (χ3v) is 8.92. The molecule has 6 rings (SSSR count). The molecule has 1 amide bonds. The number of nitrogens with one attached hydrogen (secondary N) is 1. The van der Waals surface area contributed by atoms with Crippen LogP contribution >= 0.6 is 0 Å². The van der Waals surface area contributed by atoms with Crippen LogP contribution in [0.5, 0.6) is 0 Å². The Hall–Kier alpha value is -4.13. The number of aromatic nitrogens is 4. The zero-order valence-corrected chi connectivity index (χ0v) is 27.4. The third-order valence-electron chi connectivity index (χ3n) is 8.92. The maximum absolute atomic E-state index is 12.5. The second-order valence-electron chi connectivity index (χ2n) is 13.6. The van der Waals surface area contributed by atoms with Gasteiger partial charge in [-0.25, -0.2) is 4.79 Å². The van der Waals surface area contributed by atoms with Crippen LogP contribution in [0.4, 0.5) is 4.79 Å². The number of carbonyl (C=O) groups excluding carboxylic acids is 1. The van der Waals surface area contributed by atoms with Gasteiger partial charge in [0, 0.05) is 48.7 Å². The van der Waals surface area contributed by atoms with Crippen LogP contribution in [0.1, 0.15) is 95.3 Å². The van der Waals surface area contributed by atoms with Crippen molar-refractivity contribution in [3.8, 4) is 0 Å². The van der Waals surface area contributed by atoms with Crippen LogP contribution in [0.2, 0.25) is 0 Å². The number of alkyl carbamates (subject to hydrolysis) is 1. The molecule has 4 heterocycles. The first-order valence-corrected chi connectivity index (χ1v) is 16.4. The summed E-state index contributed by atoms with van der Waals surface area (Å²) in [6.07, 6.45) is 9.72. The highest BCUT2D eigenvalue weighted by Gasteiger charge is 2.27. The summed E-state index contributed by atoms with van der Waals surface area (Å²) >= 11 is 0. The molecule has 0 spiro atoms. The molecule has 0 aliphatic heterocycles. The van der Waals surface area contributed by atoms with Gasteiger partial charge in [0.1, 0.15) is 5.60 Å². The summed E-state index contributed by atoms with van der Waals surface area (Å²) in [5.74, 6) is 0. The molecule has 0 aromatic carbocycles. The van der Waals surface area contributed by atoms with Crippen molar-refractivity contribution in [2.75, 3.05) is 0 Å². The highest BCUT2D eigenvalue weighted by Crippen LogP contribution is 2.31. The highest BCUT2D eigenvalue weighted by atomic mass is 16.6. The Labute approximate surface area is 273 Å². The van der Waals surface area contributed by atoms with Crippen molar-refractivity contribution in [3.05, 3.63) is 80.6 Å². The largest absolute Gasteiger partial charge is 0.444 e. The minimum atomic E-state index is -0.519. The summed E-state index contributed by atoms with van der Waals surface area (Å²) in [4.78, 5) is 45.4. The third kappa shape index (κ3) is 8.43. The lowest BCUT2D eigenvalue weighted by Crippen LogP contribution is -2.41. The van der Waals surface area contributed by atoms with E-state index in [-0.39, 0.29) is 48.5 Å². The Morgan fingerprint density at radius 3 is 1.68 bits per heavy atom. The standard InChI is InChI=1S/C20H27N3O4.C15H19N3O2/c1-20(2,3)27-19(26)22-14-4-6-15(7-5-14)23-17-10-13(12-24)11-21-16(17)8-9-18(23)25;16-11-1-3-12(4-2-11)18-14-7-10(9-19)8-17-13(14)5-6-15(18)20/h8-11,14-15,24H,4-7,12H2,1-3H3,(H,22,26);5-8,11-12,19H,1-4,9,16H2. The van der Waals surface area contributed by atoms with Crippen molar-refractivity contribution < 1.29 is 19.7 Å². The first-order valence-electron chi connectivity index (χ1n) is 16.4. The van der Waals surface area contributed by atoms with Gasteiger partial charge in [0.2, 0.25) is 0 Å². The molecule has 0 bridgehead atoms. The summed E-state index contributed by atoms with van der Waals surface area (Å²) in [5.41, 5.74) is 9.84. The Bertz CT molecular complexity index is 1810. The quantitative estimate of drug-likeness (QED) is 0.247. The number of rotatable bonds is 5. The minimum Gasteiger partial charge on any atom is -0.444 e. The van der Waals surface area contributed by atoms with Crippen LogP contribution in [0.15, 0.2) is 58.4 Å². The van der Waals surface area contributed by atoms with Gasteiger partial charge in [-0.05, 0) is 108 Å². The minimum absolute atomic E-state index is 0.00476. The molecule has 47 heavy (non-hydrogen) atoms. The zero-order valence-electron chi connectivity index (χ0n) is 27.4. The predicted octanol–water partition coefficient (Wildman–Crippen LogP) is 4.23. The average Bonchev–Trinajstić information content (AvgIpc) is 3.04. The van der Waals surface area contributed by atoms with Crippen LogP contribution in [-0.4, -0.2) is 53.1 Å². The van der Waals surface area contributed by atoms with Gasteiger partial charge in [0.05, 0.1) is 35.3 Å². The molecule has 2 aliphatic rings. The topological polar surface area (TPSA) is 175 Å². The van der Waals surface area contributed by atoms with Crippen molar-refractivity contribution in [2.24, 2.45) is 5.73 Å². The Kier molecular flexibility index (Phi) is 10.7. The summed E-state index contributed by atoms with van der Waals surface area (Å²) in [6.45, 7) is 5.33. The summed E-state index contributed by atoms with van der Waals surface area (Å²) in [5, 5.41) is 21.6. The van der Waals surface area contributed by atoms with Gasteiger partial charge in [0.15, 0.2) is 0 Å². The lowest BCUT2D eigenvalue weighted by atomic mass is 9.90. The van der Waals surface area contributed by atoms with E-state index >= 15 is 0 Å². The maximum Gasteiger partial charge on any atom is 0.407 e. The number of hydrogen-bond acceptors (Lipinski definition) is 9. The summed E-state index contributed by atoms with van der Waals surface area (Å²) in [7, 11) is 0. The molecule has 0 unspecified atom stereocenters. The number of carbonyl (C=O) groups is 1. The average molecular weight is 647 g/mol. The van der Waals surface area contributed by atoms with Gasteiger partial charge in [-0.1, -0.05) is 0 Å². The van der Waals surface area contributed by atoms with Gasteiger partial charge in [0.25, 0.3) is 11.1 Å². The van der Waals surface area contributed by atoms with Crippen LogP contribution in [0, 0.1) is 0 Å². The number of ether oxygens (including phenoxy) is 1. The van der Waals surface area contributed by atoms with E-state index in [9.17, 15) is 24.6 Å². The maximum atomic E-state index is 12.5. The highest BCUT2D eigenvalue weighted by molar-refractivity contribution is 5.76. The van der Waals surface area contributed by atoms with Crippen LogP contribution in [0.25, 0.3) is 22.1 Å². The fourth-order valence-corrected chi connectivity index (χ4v) is 6.59. The van der Waals surface area contributed by atoms with Gasteiger partial charge in [-0.3, -0.25) is 19.6 Å². The SMILES string of the molecule is CC(C)(C)OC(=O)NC1CCC(n2c(=O)ccc3ncc(CO)cc32)CC1.NC1CCC(n2c(=O)ccc3ncc(CO)cc32)CC1. The molecule has 2 saturated carbocycles. The number of fused-ring (bicyclic) bond motifs is 2. The molecule has 0 radical (unpaired) electrons. The molecule has 0 saturated heterocycles. The number of hydrogen-bond donors (Lipinski definition) is 4. The Balaban J connectivity index is 0.000000193. The van der Waals surface area contributed by atoms with E-state index < -0.39 is 11.7 Å². The van der Waals surface area contributed by atoms with Gasteiger partial charge < -0.3 is 35.1 Å². The van der Waals surface area contributed by atoms with E-state index in [1.807, 2.05) is 37.5 Å². The van der Waals surface area contributed by atoms with Crippen LogP contribution in [0.3, 0.4) is 0 Å². The smallest absolute Gasteiger partial charge is 0.407 e. The van der Waals surface area contributed by atoms with Crippen molar-refractivity contribution >= 4 is 28.2 Å². The number of aliphatic hydroxyl groups is 2. The normalized spacial score (nSPS) is 21.6. The molecule has 5 N–H and O–H groups in total. The van der Waals surface area contributed by atoms with E-state index in [2.05, 4.69) is 15.3 Å². The van der Waals surface area contributed by atoms with Gasteiger partial charge >= 0.3 is 6.09 Å². The molecule has 252 valence electrons. The first kappa shape index (κ1) is 34.2. The van der Waals surface area contributed by atoms with Crippen LogP contribution in [-0.2, 0) is 18.0 Å². The molecule has 4 aromatic heterocycles. The fourth-order valence-electron chi connectivity index (χ4n) is 6.59. The summed E-state index contributed by atoms with van der Waals surface area (Å²) in [6, 6.07) is 10.8. The number of nitrogens with zero attached hydrogens (tertiary/aromatic N) is 4. The van der Waals surface area contributed by atoms with E-state index in [1.165, 1.54) is 0 Å². The first-order chi connectivity index (χ1) is 22.5. The van der Waals surface area contributed by atoms with Crippen LogP contribution < -0.4 is 22.2 Å². The molecular weight excluding hydrogens is 600 g/mol. The molecular formula is C35H46N6O6. The molecule has 0 atom stereocenters. The van der Waals surface area contributed by atoms with E-state index in [1.54, 1.807) is 41.2 Å². The molecule has 4 aromatic rings. The molecule has 12 nitrogen and oxygen atoms in total. The lowest BCUT2D eigenvalue weighted by molar-refractivity contribution is 0.0488. The zero-order chi connectivity index (χ0) is 33.7. The number of nitrogens with two attached hydrogens (primary N) is 1. The second-order valence-corrected chi connectivity index (χ2v) is 13.6. The fraction of sp³-hybridized carbons (Fsp3) is 0.514. The Morgan fingerprint density at radius 2 is 1.26 bits per heavy atom. The molecule has 2 aliphatic carbocycles. The Morgan fingerprint density at radius 1 is 0.809 bits per heavy atom. The predicted molar refractivity (Wildman–Crippen MR) is 180 cm³/mol. The van der Waals surface area contributed by atoms with Crippen molar-refractivity contribution in [1.82, 2.24) is 24.4 Å². The number of pyridine rings is 4. The molecule has 2 fully saturated rings. The van der Waals surface area contributed by atoms with Gasteiger partial charge in [-0.15, -0.1) is 0 Å². The monoisotopic (exact) mass is 646 g/mol. The lowest BCUT2D eigenvalue weighted by Gasteiger charge is -2.31. The second kappa shape index (κ2) is 14.7. The van der Waals surface area contributed by atoms with E-state index in [4.69, 9.17) is 10.5 Å². The van der Waals surface area contributed by atoms with Crippen molar-refractivity contribution in [3.63, 3.8) is 0 Å². The number of amides is 1. The van der Waals surface area contributed by atoms with Gasteiger partial charge in [-0.2, -0.15) is 0 Å². The van der Waals surface area contributed by atoms with E-state index in [0.717, 1.165) is 79.0 Å².